The highest BCUT2D eigenvalue weighted by atomic mass is 35.5. The lowest BCUT2D eigenvalue weighted by Crippen LogP contribution is -2.27. The van der Waals surface area contributed by atoms with Gasteiger partial charge in [-0.3, -0.25) is 4.79 Å². The highest BCUT2D eigenvalue weighted by Crippen LogP contribution is 2.16. The Morgan fingerprint density at radius 3 is 2.94 bits per heavy atom. The maximum Gasteiger partial charge on any atom is 0.271 e. The number of nitrogens with zero attached hydrogens (tertiary/aromatic N) is 2. The van der Waals surface area contributed by atoms with Gasteiger partial charge in [0.05, 0.1) is 11.3 Å². The van der Waals surface area contributed by atoms with E-state index in [-0.39, 0.29) is 21.8 Å². The predicted molar refractivity (Wildman–Crippen MR) is 68.9 cm³/mol. The van der Waals surface area contributed by atoms with Gasteiger partial charge in [-0.05, 0) is 12.1 Å². The van der Waals surface area contributed by atoms with Crippen molar-refractivity contribution in [2.45, 2.75) is 6.42 Å². The quantitative estimate of drug-likeness (QED) is 0.845. The molecule has 5 nitrogen and oxygen atoms in total. The van der Waals surface area contributed by atoms with Crippen molar-refractivity contribution in [2.75, 3.05) is 6.54 Å². The van der Waals surface area contributed by atoms with Crippen LogP contribution in [0.5, 0.6) is 0 Å². The van der Waals surface area contributed by atoms with E-state index in [0.29, 0.717) is 13.0 Å². The zero-order valence-electron chi connectivity index (χ0n) is 9.28. The minimum absolute atomic E-state index is 0.133. The molecule has 0 spiro atoms. The first kappa shape index (κ1) is 12.9. The number of hydrogen-bond acceptors (Lipinski definition) is 3. The Kier molecular flexibility index (Phi) is 4.17. The Balaban J connectivity index is 1.93. The first-order chi connectivity index (χ1) is 8.66. The fourth-order valence-corrected chi connectivity index (χ4v) is 1.73. The van der Waals surface area contributed by atoms with Crippen LogP contribution in [-0.2, 0) is 6.42 Å². The molecule has 2 rings (SSSR count). The third kappa shape index (κ3) is 3.21. The SMILES string of the molecule is O=C(NCCc1cnc[nH]1)c1nc(Cl)ccc1Cl. The van der Waals surface area contributed by atoms with E-state index in [0.717, 1.165) is 5.69 Å². The summed E-state index contributed by atoms with van der Waals surface area (Å²) in [4.78, 5) is 22.5. The molecule has 0 fully saturated rings. The largest absolute Gasteiger partial charge is 0.350 e. The van der Waals surface area contributed by atoms with Crippen molar-refractivity contribution in [1.82, 2.24) is 20.3 Å². The number of H-pyrrole nitrogens is 1. The molecule has 0 atom stereocenters. The van der Waals surface area contributed by atoms with Crippen molar-refractivity contribution >= 4 is 29.1 Å². The van der Waals surface area contributed by atoms with Gasteiger partial charge in [0, 0.05) is 24.9 Å². The molecule has 0 saturated carbocycles. The van der Waals surface area contributed by atoms with Crippen molar-refractivity contribution in [2.24, 2.45) is 0 Å². The van der Waals surface area contributed by atoms with Crippen LogP contribution in [0.15, 0.2) is 24.7 Å². The summed E-state index contributed by atoms with van der Waals surface area (Å²) in [5.41, 5.74) is 1.08. The van der Waals surface area contributed by atoms with Gasteiger partial charge in [-0.1, -0.05) is 23.2 Å². The molecule has 0 aliphatic heterocycles. The topological polar surface area (TPSA) is 70.7 Å². The fraction of sp³-hybridized carbons (Fsp3) is 0.182. The molecule has 1 amide bonds. The molecule has 2 heterocycles. The van der Waals surface area contributed by atoms with Gasteiger partial charge in [-0.2, -0.15) is 0 Å². The summed E-state index contributed by atoms with van der Waals surface area (Å²) >= 11 is 11.6. The lowest BCUT2D eigenvalue weighted by molar-refractivity contribution is 0.0949. The van der Waals surface area contributed by atoms with Crippen LogP contribution < -0.4 is 5.32 Å². The molecular weight excluding hydrogens is 275 g/mol. The van der Waals surface area contributed by atoms with Gasteiger partial charge in [-0.15, -0.1) is 0 Å². The van der Waals surface area contributed by atoms with Crippen LogP contribution >= 0.6 is 23.2 Å². The van der Waals surface area contributed by atoms with Crippen LogP contribution in [0.1, 0.15) is 16.2 Å². The van der Waals surface area contributed by atoms with E-state index in [9.17, 15) is 4.79 Å². The van der Waals surface area contributed by atoms with Crippen LogP contribution in [0.2, 0.25) is 10.2 Å². The highest BCUT2D eigenvalue weighted by molar-refractivity contribution is 6.34. The first-order valence-corrected chi connectivity index (χ1v) is 6.00. The minimum Gasteiger partial charge on any atom is -0.350 e. The number of rotatable bonds is 4. The van der Waals surface area contributed by atoms with Crippen molar-refractivity contribution < 1.29 is 4.79 Å². The molecular formula is C11H10Cl2N4O. The molecule has 0 bridgehead atoms. The summed E-state index contributed by atoms with van der Waals surface area (Å²) in [6.07, 6.45) is 3.95. The van der Waals surface area contributed by atoms with Gasteiger partial charge in [0.2, 0.25) is 0 Å². The molecule has 0 radical (unpaired) electrons. The van der Waals surface area contributed by atoms with Crippen LogP contribution in [0.4, 0.5) is 0 Å². The normalized spacial score (nSPS) is 10.3. The van der Waals surface area contributed by atoms with Gasteiger partial charge in [0.15, 0.2) is 0 Å². The molecule has 0 aliphatic rings. The van der Waals surface area contributed by atoms with Crippen LogP contribution in [0.3, 0.4) is 0 Å². The lowest BCUT2D eigenvalue weighted by atomic mass is 10.3. The van der Waals surface area contributed by atoms with E-state index in [1.807, 2.05) is 0 Å². The number of hydrogen-bond donors (Lipinski definition) is 2. The summed E-state index contributed by atoms with van der Waals surface area (Å²) in [6, 6.07) is 3.08. The van der Waals surface area contributed by atoms with E-state index in [1.165, 1.54) is 6.07 Å². The summed E-state index contributed by atoms with van der Waals surface area (Å²) in [6.45, 7) is 0.464. The van der Waals surface area contributed by atoms with Crippen molar-refractivity contribution in [3.8, 4) is 0 Å². The third-order valence-corrected chi connectivity index (χ3v) is 2.78. The molecule has 2 N–H and O–H groups in total. The van der Waals surface area contributed by atoms with Crippen molar-refractivity contribution in [1.29, 1.82) is 0 Å². The third-order valence-electron chi connectivity index (χ3n) is 2.26. The number of pyridine rings is 1. The molecule has 2 aromatic heterocycles. The first-order valence-electron chi connectivity index (χ1n) is 5.24. The zero-order valence-corrected chi connectivity index (χ0v) is 10.8. The van der Waals surface area contributed by atoms with Crippen molar-refractivity contribution in [3.63, 3.8) is 0 Å². The molecule has 7 heteroatoms. The van der Waals surface area contributed by atoms with Gasteiger partial charge in [-0.25, -0.2) is 9.97 Å². The molecule has 94 valence electrons. The van der Waals surface area contributed by atoms with E-state index >= 15 is 0 Å². The maximum atomic E-state index is 11.8. The average molecular weight is 285 g/mol. The van der Waals surface area contributed by atoms with Crippen LogP contribution in [0.25, 0.3) is 0 Å². The van der Waals surface area contributed by atoms with E-state index in [2.05, 4.69) is 20.3 Å². The Morgan fingerprint density at radius 2 is 2.22 bits per heavy atom. The van der Waals surface area contributed by atoms with Gasteiger partial charge in [0.25, 0.3) is 5.91 Å². The standard InChI is InChI=1S/C11H10Cl2N4O/c12-8-1-2-9(13)17-10(8)11(18)15-4-3-7-5-14-6-16-7/h1-2,5-6H,3-4H2,(H,14,16)(H,15,18). The number of aromatic nitrogens is 3. The van der Waals surface area contributed by atoms with Gasteiger partial charge >= 0.3 is 0 Å². The number of nitrogens with one attached hydrogen (secondary N) is 2. The minimum atomic E-state index is -0.345. The highest BCUT2D eigenvalue weighted by Gasteiger charge is 2.12. The number of aromatic amines is 1. The summed E-state index contributed by atoms with van der Waals surface area (Å²) < 4.78 is 0. The average Bonchev–Trinajstić information content (AvgIpc) is 2.85. The Bertz CT molecular complexity index is 542. The Morgan fingerprint density at radius 1 is 1.39 bits per heavy atom. The van der Waals surface area contributed by atoms with Crippen LogP contribution in [0, 0.1) is 0 Å². The number of carbonyl (C=O) groups excluding carboxylic acids is 1. The number of halogens is 2. The second-order valence-electron chi connectivity index (χ2n) is 3.55. The summed E-state index contributed by atoms with van der Waals surface area (Å²) in [5, 5.41) is 3.22. The summed E-state index contributed by atoms with van der Waals surface area (Å²) in [7, 11) is 0. The van der Waals surface area contributed by atoms with E-state index in [1.54, 1.807) is 18.6 Å². The van der Waals surface area contributed by atoms with Crippen molar-refractivity contribution in [3.05, 3.63) is 46.2 Å². The molecule has 2 aromatic rings. The molecule has 18 heavy (non-hydrogen) atoms. The molecule has 0 aromatic carbocycles. The number of carbonyl (C=O) groups is 1. The lowest BCUT2D eigenvalue weighted by Gasteiger charge is -2.05. The second kappa shape index (κ2) is 5.84. The molecule has 0 unspecified atom stereocenters. The summed E-state index contributed by atoms with van der Waals surface area (Å²) in [5.74, 6) is -0.345. The van der Waals surface area contributed by atoms with E-state index < -0.39 is 0 Å². The molecule has 0 aliphatic carbocycles. The van der Waals surface area contributed by atoms with Gasteiger partial charge in [0.1, 0.15) is 10.8 Å². The number of imidazole rings is 1. The smallest absolute Gasteiger partial charge is 0.271 e. The predicted octanol–water partition coefficient (Wildman–Crippen LogP) is 2.08. The second-order valence-corrected chi connectivity index (χ2v) is 4.34. The Labute approximate surface area is 114 Å². The zero-order chi connectivity index (χ0) is 13.0. The fourth-order valence-electron chi connectivity index (χ4n) is 1.39. The Hall–Kier alpha value is -1.59. The maximum absolute atomic E-state index is 11.8. The van der Waals surface area contributed by atoms with Crippen LogP contribution in [-0.4, -0.2) is 27.4 Å². The molecule has 0 saturated heterocycles. The monoisotopic (exact) mass is 284 g/mol. The number of amides is 1. The van der Waals surface area contributed by atoms with E-state index in [4.69, 9.17) is 23.2 Å². The van der Waals surface area contributed by atoms with Gasteiger partial charge < -0.3 is 10.3 Å².